The Morgan fingerprint density at radius 3 is 2.12 bits per heavy atom. The molecule has 0 amide bonds. The van der Waals surface area contributed by atoms with Crippen molar-refractivity contribution in [3.63, 3.8) is 0 Å². The van der Waals surface area contributed by atoms with Crippen LogP contribution in [-0.4, -0.2) is 33.6 Å². The van der Waals surface area contributed by atoms with Crippen LogP contribution in [0.3, 0.4) is 0 Å². The summed E-state index contributed by atoms with van der Waals surface area (Å²) in [6, 6.07) is 0. The summed E-state index contributed by atoms with van der Waals surface area (Å²) < 4.78 is 0. The fraction of sp³-hybridized carbons (Fsp3) is 1.00. The molecule has 0 radical (unpaired) electrons. The van der Waals surface area contributed by atoms with Crippen LogP contribution < -0.4 is 0 Å². The molecule has 0 aromatic heterocycles. The van der Waals surface area contributed by atoms with Crippen LogP contribution in [0.4, 0.5) is 0 Å². The molecule has 0 aliphatic heterocycles. The molecule has 0 spiro atoms. The lowest BCUT2D eigenvalue weighted by Crippen LogP contribution is -2.57. The summed E-state index contributed by atoms with van der Waals surface area (Å²) in [6.07, 6.45) is 7.04. The van der Waals surface area contributed by atoms with Gasteiger partial charge in [0.15, 0.2) is 0 Å². The molecule has 0 aromatic carbocycles. The van der Waals surface area contributed by atoms with Gasteiger partial charge in [0.1, 0.15) is 0 Å². The Labute approximate surface area is 160 Å². The summed E-state index contributed by atoms with van der Waals surface area (Å²) in [6.45, 7) is 11.4. The van der Waals surface area contributed by atoms with Crippen LogP contribution in [0.1, 0.15) is 86.0 Å². The topological polar surface area (TPSA) is 60.7 Å². The van der Waals surface area contributed by atoms with Crippen molar-refractivity contribution in [2.24, 2.45) is 40.4 Å². The molecular formula is C23H42O3. The van der Waals surface area contributed by atoms with Crippen molar-refractivity contribution >= 4 is 0 Å². The number of fused-ring (bicyclic) bond motifs is 1. The number of rotatable bonds is 4. The first kappa shape index (κ1) is 20.6. The first-order valence-corrected chi connectivity index (χ1v) is 11.2. The average molecular weight is 367 g/mol. The first-order valence-electron chi connectivity index (χ1n) is 11.2. The van der Waals surface area contributed by atoms with Crippen LogP contribution in [0.15, 0.2) is 0 Å². The normalized spacial score (nSPS) is 50.7. The lowest BCUT2D eigenvalue weighted by atomic mass is 9.48. The van der Waals surface area contributed by atoms with Crippen LogP contribution in [0.5, 0.6) is 0 Å². The number of hydrogen-bond donors (Lipinski definition) is 3. The average Bonchev–Trinajstić information content (AvgIpc) is 2.96. The van der Waals surface area contributed by atoms with Crippen molar-refractivity contribution in [3.8, 4) is 0 Å². The van der Waals surface area contributed by atoms with E-state index in [2.05, 4.69) is 34.6 Å². The second-order valence-corrected chi connectivity index (χ2v) is 10.7. The highest BCUT2D eigenvalue weighted by Gasteiger charge is 2.62. The molecule has 0 bridgehead atoms. The highest BCUT2D eigenvalue weighted by Crippen LogP contribution is 2.65. The van der Waals surface area contributed by atoms with Crippen molar-refractivity contribution in [2.45, 2.75) is 104 Å². The van der Waals surface area contributed by atoms with Crippen molar-refractivity contribution in [2.75, 3.05) is 0 Å². The molecule has 7 atom stereocenters. The van der Waals surface area contributed by atoms with Gasteiger partial charge in [0.25, 0.3) is 0 Å². The molecular weight excluding hydrogens is 324 g/mol. The SMILES string of the molecule is CC[C@@H](O)C1[C@@H](C2(C)CCC(O)CC2)C[C@H](O)[C@]2(C)[C@@H](C(C)C)CC[C@@H]12. The number of aliphatic hydroxyl groups is 3. The predicted octanol–water partition coefficient (Wildman–Crippen LogP) is 4.38. The van der Waals surface area contributed by atoms with Crippen LogP contribution >= 0.6 is 0 Å². The standard InChI is InChI=1S/C23H42O3/c1-6-19(25)21-17-8-7-16(14(2)3)23(17,5)20(26)13-18(21)22(4)11-9-15(24)10-12-22/h14-21,24-26H,6-13H2,1-5H3/t15?,16-,17+,18+,19-,20+,21?,22?,23-/m1/s1. The zero-order valence-electron chi connectivity index (χ0n) is 17.6. The molecule has 3 heteroatoms. The Bertz CT molecular complexity index is 482. The summed E-state index contributed by atoms with van der Waals surface area (Å²) in [5.74, 6) is 2.20. The van der Waals surface area contributed by atoms with Crippen LogP contribution in [0, 0.1) is 40.4 Å². The van der Waals surface area contributed by atoms with Gasteiger partial charge < -0.3 is 15.3 Å². The van der Waals surface area contributed by atoms with E-state index in [1.807, 2.05) is 0 Å². The van der Waals surface area contributed by atoms with E-state index in [1.165, 1.54) is 6.42 Å². The number of aliphatic hydroxyl groups excluding tert-OH is 3. The first-order chi connectivity index (χ1) is 12.1. The van der Waals surface area contributed by atoms with Gasteiger partial charge in [0.05, 0.1) is 18.3 Å². The van der Waals surface area contributed by atoms with E-state index >= 15 is 0 Å². The van der Waals surface area contributed by atoms with E-state index < -0.39 is 0 Å². The van der Waals surface area contributed by atoms with Crippen molar-refractivity contribution in [3.05, 3.63) is 0 Å². The minimum atomic E-state index is -0.272. The summed E-state index contributed by atoms with van der Waals surface area (Å²) >= 11 is 0. The molecule has 3 nitrogen and oxygen atoms in total. The van der Waals surface area contributed by atoms with Crippen LogP contribution in [0.2, 0.25) is 0 Å². The highest BCUT2D eigenvalue weighted by atomic mass is 16.3. The smallest absolute Gasteiger partial charge is 0.0602 e. The minimum Gasteiger partial charge on any atom is -0.393 e. The van der Waals surface area contributed by atoms with Crippen molar-refractivity contribution in [1.29, 1.82) is 0 Å². The second-order valence-electron chi connectivity index (χ2n) is 10.7. The van der Waals surface area contributed by atoms with Crippen molar-refractivity contribution in [1.82, 2.24) is 0 Å². The minimum absolute atomic E-state index is 0.0595. The van der Waals surface area contributed by atoms with E-state index in [4.69, 9.17) is 0 Å². The van der Waals surface area contributed by atoms with Gasteiger partial charge in [-0.2, -0.15) is 0 Å². The Kier molecular flexibility index (Phi) is 5.84. The molecule has 3 aliphatic carbocycles. The molecule has 0 heterocycles. The Hall–Kier alpha value is -0.120. The fourth-order valence-electron chi connectivity index (χ4n) is 7.53. The van der Waals surface area contributed by atoms with Gasteiger partial charge >= 0.3 is 0 Å². The van der Waals surface area contributed by atoms with E-state index in [0.717, 1.165) is 44.9 Å². The lowest BCUT2D eigenvalue weighted by Gasteiger charge is -2.58. The summed E-state index contributed by atoms with van der Waals surface area (Å²) in [7, 11) is 0. The van der Waals surface area contributed by atoms with E-state index in [-0.39, 0.29) is 35.1 Å². The molecule has 3 aliphatic rings. The molecule has 0 saturated heterocycles. The molecule has 3 fully saturated rings. The molecule has 152 valence electrons. The summed E-state index contributed by atoms with van der Waals surface area (Å²) in [4.78, 5) is 0. The van der Waals surface area contributed by atoms with Gasteiger partial charge in [-0.25, -0.2) is 0 Å². The van der Waals surface area contributed by atoms with E-state index in [0.29, 0.717) is 23.7 Å². The summed E-state index contributed by atoms with van der Waals surface area (Å²) in [5.41, 5.74) is 0.0777. The Morgan fingerprint density at radius 1 is 0.962 bits per heavy atom. The van der Waals surface area contributed by atoms with Gasteiger partial charge in [0, 0.05) is 0 Å². The highest BCUT2D eigenvalue weighted by molar-refractivity contribution is 5.10. The quantitative estimate of drug-likeness (QED) is 0.692. The van der Waals surface area contributed by atoms with Gasteiger partial charge in [-0.3, -0.25) is 0 Å². The van der Waals surface area contributed by atoms with Crippen LogP contribution in [0.25, 0.3) is 0 Å². The molecule has 26 heavy (non-hydrogen) atoms. The third-order valence-corrected chi connectivity index (χ3v) is 9.17. The van der Waals surface area contributed by atoms with Gasteiger partial charge in [-0.15, -0.1) is 0 Å². The zero-order chi connectivity index (χ0) is 19.3. The molecule has 3 N–H and O–H groups in total. The van der Waals surface area contributed by atoms with Gasteiger partial charge in [0.2, 0.25) is 0 Å². The molecule has 0 aromatic rings. The Morgan fingerprint density at radius 2 is 1.58 bits per heavy atom. The monoisotopic (exact) mass is 366 g/mol. The van der Waals surface area contributed by atoms with Crippen LogP contribution in [-0.2, 0) is 0 Å². The maximum atomic E-state index is 11.4. The van der Waals surface area contributed by atoms with Gasteiger partial charge in [-0.05, 0) is 91.8 Å². The number of hydrogen-bond acceptors (Lipinski definition) is 3. The maximum Gasteiger partial charge on any atom is 0.0602 e. The third-order valence-electron chi connectivity index (χ3n) is 9.17. The fourth-order valence-corrected chi connectivity index (χ4v) is 7.53. The third kappa shape index (κ3) is 3.16. The van der Waals surface area contributed by atoms with E-state index in [9.17, 15) is 15.3 Å². The molecule has 1 unspecified atom stereocenters. The molecule has 3 rings (SSSR count). The largest absolute Gasteiger partial charge is 0.393 e. The predicted molar refractivity (Wildman–Crippen MR) is 106 cm³/mol. The maximum absolute atomic E-state index is 11.4. The zero-order valence-corrected chi connectivity index (χ0v) is 17.6. The van der Waals surface area contributed by atoms with Gasteiger partial charge in [-0.1, -0.05) is 34.6 Å². The van der Waals surface area contributed by atoms with Crippen molar-refractivity contribution < 1.29 is 15.3 Å². The van der Waals surface area contributed by atoms with E-state index in [1.54, 1.807) is 0 Å². The lowest BCUT2D eigenvalue weighted by molar-refractivity contribution is -0.165. The Balaban J connectivity index is 1.95. The summed E-state index contributed by atoms with van der Waals surface area (Å²) in [5, 5.41) is 32.5. The molecule has 3 saturated carbocycles. The second kappa shape index (κ2) is 7.37.